The van der Waals surface area contributed by atoms with E-state index in [1.165, 1.54) is 11.3 Å². The number of anilines is 1. The summed E-state index contributed by atoms with van der Waals surface area (Å²) in [6.45, 7) is 9.58. The SMILES string of the molecule is CCN(CC(C)C)C(=O)c1sc2c(c(C)nn2C)c1N. The third-order valence-corrected chi connectivity index (χ3v) is 4.59. The summed E-state index contributed by atoms with van der Waals surface area (Å²) < 4.78 is 1.79. The van der Waals surface area contributed by atoms with Gasteiger partial charge < -0.3 is 10.6 Å². The summed E-state index contributed by atoms with van der Waals surface area (Å²) >= 11 is 1.43. The fourth-order valence-electron chi connectivity index (χ4n) is 2.43. The quantitative estimate of drug-likeness (QED) is 0.943. The van der Waals surface area contributed by atoms with Gasteiger partial charge in [-0.2, -0.15) is 5.10 Å². The molecular formula is C14H22N4OS. The highest BCUT2D eigenvalue weighted by atomic mass is 32.1. The standard InChI is InChI=1S/C14H22N4OS/c1-6-18(7-8(2)3)13(19)12-11(15)10-9(4)16-17(5)14(10)20-12/h8H,6-7,15H2,1-5H3. The lowest BCUT2D eigenvalue weighted by Gasteiger charge is -2.22. The molecule has 2 N–H and O–H groups in total. The lowest BCUT2D eigenvalue weighted by molar-refractivity contribution is 0.0751. The van der Waals surface area contributed by atoms with E-state index in [0.717, 1.165) is 22.5 Å². The summed E-state index contributed by atoms with van der Waals surface area (Å²) in [6, 6.07) is 0. The third kappa shape index (κ3) is 2.40. The van der Waals surface area contributed by atoms with Crippen LogP contribution in [0.15, 0.2) is 0 Å². The number of hydrogen-bond acceptors (Lipinski definition) is 4. The van der Waals surface area contributed by atoms with E-state index in [2.05, 4.69) is 18.9 Å². The summed E-state index contributed by atoms with van der Waals surface area (Å²) in [4.78, 5) is 16.1. The number of aryl methyl sites for hydroxylation is 2. The van der Waals surface area contributed by atoms with Crippen molar-refractivity contribution >= 4 is 33.1 Å². The molecule has 0 unspecified atom stereocenters. The van der Waals surface area contributed by atoms with Crippen LogP contribution in [0.25, 0.3) is 10.2 Å². The molecule has 6 heteroatoms. The van der Waals surface area contributed by atoms with Crippen LogP contribution in [0.2, 0.25) is 0 Å². The maximum atomic E-state index is 12.6. The monoisotopic (exact) mass is 294 g/mol. The Morgan fingerprint density at radius 2 is 2.15 bits per heavy atom. The highest BCUT2D eigenvalue weighted by Gasteiger charge is 2.24. The highest BCUT2D eigenvalue weighted by Crippen LogP contribution is 2.36. The molecule has 5 nitrogen and oxygen atoms in total. The van der Waals surface area contributed by atoms with E-state index in [4.69, 9.17) is 5.73 Å². The average molecular weight is 294 g/mol. The van der Waals surface area contributed by atoms with Crippen molar-refractivity contribution in [3.8, 4) is 0 Å². The zero-order valence-electron chi connectivity index (χ0n) is 12.7. The zero-order valence-corrected chi connectivity index (χ0v) is 13.5. The average Bonchev–Trinajstić information content (AvgIpc) is 2.85. The molecule has 0 saturated heterocycles. The van der Waals surface area contributed by atoms with Crippen molar-refractivity contribution < 1.29 is 4.79 Å². The van der Waals surface area contributed by atoms with Crippen molar-refractivity contribution in [2.45, 2.75) is 27.7 Å². The second-order valence-corrected chi connectivity index (χ2v) is 6.47. The fourth-order valence-corrected chi connectivity index (χ4v) is 3.58. The predicted octanol–water partition coefficient (Wildman–Crippen LogP) is 2.64. The minimum absolute atomic E-state index is 0.0271. The van der Waals surface area contributed by atoms with E-state index in [1.807, 2.05) is 25.8 Å². The molecule has 0 fully saturated rings. The molecule has 2 heterocycles. The Labute approximate surface area is 123 Å². The molecule has 0 aliphatic carbocycles. The van der Waals surface area contributed by atoms with Gasteiger partial charge in [-0.15, -0.1) is 11.3 Å². The Kier molecular flexibility index (Phi) is 4.04. The Hall–Kier alpha value is -1.56. The number of carbonyl (C=O) groups is 1. The number of rotatable bonds is 4. The molecule has 0 aliphatic heterocycles. The maximum absolute atomic E-state index is 12.6. The van der Waals surface area contributed by atoms with Crippen LogP contribution in [0.4, 0.5) is 5.69 Å². The first kappa shape index (κ1) is 14.8. The molecule has 0 atom stereocenters. The van der Waals surface area contributed by atoms with Gasteiger partial charge in [0.15, 0.2) is 0 Å². The van der Waals surface area contributed by atoms with E-state index < -0.39 is 0 Å². The molecule has 2 aromatic heterocycles. The molecular weight excluding hydrogens is 272 g/mol. The van der Waals surface area contributed by atoms with Crippen LogP contribution in [0, 0.1) is 12.8 Å². The molecule has 1 amide bonds. The van der Waals surface area contributed by atoms with Gasteiger partial charge in [-0.05, 0) is 19.8 Å². The van der Waals surface area contributed by atoms with Crippen molar-refractivity contribution in [3.63, 3.8) is 0 Å². The second kappa shape index (κ2) is 5.44. The molecule has 0 bridgehead atoms. The Bertz CT molecular complexity index is 641. The van der Waals surface area contributed by atoms with Gasteiger partial charge in [-0.1, -0.05) is 13.8 Å². The molecule has 0 aliphatic rings. The van der Waals surface area contributed by atoms with Gasteiger partial charge >= 0.3 is 0 Å². The number of fused-ring (bicyclic) bond motifs is 1. The molecule has 0 spiro atoms. The maximum Gasteiger partial charge on any atom is 0.266 e. The number of hydrogen-bond donors (Lipinski definition) is 1. The molecule has 2 aromatic rings. The zero-order chi connectivity index (χ0) is 15.0. The van der Waals surface area contributed by atoms with E-state index in [0.29, 0.717) is 23.0 Å². The van der Waals surface area contributed by atoms with Gasteiger partial charge in [0.1, 0.15) is 9.71 Å². The summed E-state index contributed by atoms with van der Waals surface area (Å²) in [5.74, 6) is 0.470. The first-order chi connectivity index (χ1) is 9.36. The number of aromatic nitrogens is 2. The number of thiophene rings is 1. The fraction of sp³-hybridized carbons (Fsp3) is 0.571. The lowest BCUT2D eigenvalue weighted by Crippen LogP contribution is -2.33. The van der Waals surface area contributed by atoms with E-state index in [9.17, 15) is 4.79 Å². The molecule has 0 aromatic carbocycles. The van der Waals surface area contributed by atoms with Crippen molar-refractivity contribution in [1.29, 1.82) is 0 Å². The van der Waals surface area contributed by atoms with E-state index in [-0.39, 0.29) is 5.91 Å². The Morgan fingerprint density at radius 1 is 1.50 bits per heavy atom. The minimum Gasteiger partial charge on any atom is -0.397 e. The van der Waals surface area contributed by atoms with Gasteiger partial charge in [0.2, 0.25) is 0 Å². The summed E-state index contributed by atoms with van der Waals surface area (Å²) in [7, 11) is 1.88. The molecule has 110 valence electrons. The van der Waals surface area contributed by atoms with Crippen LogP contribution < -0.4 is 5.73 Å². The van der Waals surface area contributed by atoms with Crippen LogP contribution in [-0.4, -0.2) is 33.7 Å². The minimum atomic E-state index is 0.0271. The summed E-state index contributed by atoms with van der Waals surface area (Å²) in [5.41, 5.74) is 7.64. The lowest BCUT2D eigenvalue weighted by atomic mass is 10.2. The van der Waals surface area contributed by atoms with Crippen LogP contribution in [-0.2, 0) is 7.05 Å². The number of nitrogens with two attached hydrogens (primary N) is 1. The van der Waals surface area contributed by atoms with Crippen molar-refractivity contribution in [2.24, 2.45) is 13.0 Å². The molecule has 20 heavy (non-hydrogen) atoms. The highest BCUT2D eigenvalue weighted by molar-refractivity contribution is 7.21. The number of carbonyl (C=O) groups excluding carboxylic acids is 1. The smallest absolute Gasteiger partial charge is 0.266 e. The molecule has 0 saturated carbocycles. The predicted molar refractivity (Wildman–Crippen MR) is 84.2 cm³/mol. The van der Waals surface area contributed by atoms with Gasteiger partial charge in [0, 0.05) is 20.1 Å². The Morgan fingerprint density at radius 3 is 2.65 bits per heavy atom. The van der Waals surface area contributed by atoms with Crippen molar-refractivity contribution in [2.75, 3.05) is 18.8 Å². The largest absolute Gasteiger partial charge is 0.397 e. The normalized spacial score (nSPS) is 11.5. The van der Waals surface area contributed by atoms with Crippen molar-refractivity contribution in [1.82, 2.24) is 14.7 Å². The van der Waals surface area contributed by atoms with Crippen LogP contribution in [0.3, 0.4) is 0 Å². The number of nitrogen functional groups attached to an aromatic ring is 1. The summed E-state index contributed by atoms with van der Waals surface area (Å²) in [6.07, 6.45) is 0. The number of amides is 1. The van der Waals surface area contributed by atoms with Gasteiger partial charge in [-0.3, -0.25) is 9.48 Å². The van der Waals surface area contributed by atoms with Gasteiger partial charge in [-0.25, -0.2) is 0 Å². The first-order valence-corrected chi connectivity index (χ1v) is 7.69. The van der Waals surface area contributed by atoms with Gasteiger partial charge in [0.05, 0.1) is 16.8 Å². The third-order valence-electron chi connectivity index (χ3n) is 3.33. The summed E-state index contributed by atoms with van der Waals surface area (Å²) in [5, 5.41) is 5.27. The van der Waals surface area contributed by atoms with Crippen LogP contribution >= 0.6 is 11.3 Å². The second-order valence-electron chi connectivity index (χ2n) is 5.47. The molecule has 2 rings (SSSR count). The van der Waals surface area contributed by atoms with Gasteiger partial charge in [0.25, 0.3) is 5.91 Å². The topological polar surface area (TPSA) is 64.2 Å². The Balaban J connectivity index is 2.44. The van der Waals surface area contributed by atoms with Crippen LogP contribution in [0.1, 0.15) is 36.1 Å². The van der Waals surface area contributed by atoms with Crippen molar-refractivity contribution in [3.05, 3.63) is 10.6 Å². The first-order valence-electron chi connectivity index (χ1n) is 6.87. The number of nitrogens with zero attached hydrogens (tertiary/aromatic N) is 3. The van der Waals surface area contributed by atoms with E-state index in [1.54, 1.807) is 4.68 Å². The van der Waals surface area contributed by atoms with Crippen LogP contribution in [0.5, 0.6) is 0 Å². The molecule has 0 radical (unpaired) electrons. The van der Waals surface area contributed by atoms with E-state index >= 15 is 0 Å².